The molecule has 3 rings (SSSR count). The Morgan fingerprint density at radius 1 is 1.29 bits per heavy atom. The highest BCUT2D eigenvalue weighted by molar-refractivity contribution is 7.13. The van der Waals surface area contributed by atoms with Crippen LogP contribution in [0.2, 0.25) is 0 Å². The Bertz CT molecular complexity index is 717. The van der Waals surface area contributed by atoms with E-state index < -0.39 is 0 Å². The zero-order chi connectivity index (χ0) is 14.8. The lowest BCUT2D eigenvalue weighted by Gasteiger charge is -2.02. The minimum absolute atomic E-state index is 0.0283. The van der Waals surface area contributed by atoms with Crippen LogP contribution in [0.4, 0.5) is 5.69 Å². The standard InChI is InChI=1S/C17H16ClNOS/c1-2-12-4-5-13(21-12)10-15-14-9-11(7-8-18)3-6-16(14)19-17(15)20/h3-6,9-10H,2,7-8H2,1H3,(H,19,20). The van der Waals surface area contributed by atoms with Crippen molar-refractivity contribution in [3.05, 3.63) is 51.2 Å². The molecule has 2 heterocycles. The molecule has 1 aliphatic heterocycles. The van der Waals surface area contributed by atoms with E-state index in [0.29, 0.717) is 5.88 Å². The Balaban J connectivity index is 2.00. The fourth-order valence-corrected chi connectivity index (χ4v) is 3.56. The molecule has 0 spiro atoms. The third-order valence-electron chi connectivity index (χ3n) is 3.57. The van der Waals surface area contributed by atoms with Crippen LogP contribution in [0.5, 0.6) is 0 Å². The van der Waals surface area contributed by atoms with Gasteiger partial charge in [0.1, 0.15) is 0 Å². The predicted molar refractivity (Wildman–Crippen MR) is 91.1 cm³/mol. The highest BCUT2D eigenvalue weighted by Gasteiger charge is 2.24. The second kappa shape index (κ2) is 6.04. The van der Waals surface area contributed by atoms with Crippen molar-refractivity contribution >= 4 is 46.2 Å². The highest BCUT2D eigenvalue weighted by Crippen LogP contribution is 2.35. The van der Waals surface area contributed by atoms with Gasteiger partial charge in [-0.25, -0.2) is 0 Å². The van der Waals surface area contributed by atoms with E-state index in [1.807, 2.05) is 18.2 Å². The molecule has 0 unspecified atom stereocenters. The molecule has 2 nitrogen and oxygen atoms in total. The van der Waals surface area contributed by atoms with Crippen LogP contribution in [0.1, 0.15) is 27.8 Å². The molecule has 0 fully saturated rings. The molecule has 21 heavy (non-hydrogen) atoms. The van der Waals surface area contributed by atoms with Crippen molar-refractivity contribution in [2.24, 2.45) is 0 Å². The first-order valence-corrected chi connectivity index (χ1v) is 8.37. The van der Waals surface area contributed by atoms with Crippen LogP contribution in [0.25, 0.3) is 11.6 Å². The first-order chi connectivity index (χ1) is 10.2. The number of amides is 1. The fraction of sp³-hybridized carbons (Fsp3) is 0.235. The third kappa shape index (κ3) is 2.89. The number of benzene rings is 1. The highest BCUT2D eigenvalue weighted by atomic mass is 35.5. The summed E-state index contributed by atoms with van der Waals surface area (Å²) in [6.07, 6.45) is 3.82. The van der Waals surface area contributed by atoms with E-state index >= 15 is 0 Å². The van der Waals surface area contributed by atoms with E-state index in [1.165, 1.54) is 4.88 Å². The van der Waals surface area contributed by atoms with E-state index in [-0.39, 0.29) is 5.91 Å². The van der Waals surface area contributed by atoms with Gasteiger partial charge in [-0.2, -0.15) is 0 Å². The molecule has 2 aromatic rings. The molecule has 1 N–H and O–H groups in total. The minimum Gasteiger partial charge on any atom is -0.321 e. The Morgan fingerprint density at radius 2 is 2.14 bits per heavy atom. The van der Waals surface area contributed by atoms with Crippen LogP contribution in [0, 0.1) is 0 Å². The molecule has 1 aliphatic rings. The van der Waals surface area contributed by atoms with Gasteiger partial charge in [-0.1, -0.05) is 13.0 Å². The first kappa shape index (κ1) is 14.4. The zero-order valence-electron chi connectivity index (χ0n) is 11.8. The molecule has 0 bridgehead atoms. The molecular formula is C17H16ClNOS. The van der Waals surface area contributed by atoms with Crippen LogP contribution < -0.4 is 5.32 Å². The van der Waals surface area contributed by atoms with Crippen LogP contribution in [0.15, 0.2) is 30.3 Å². The van der Waals surface area contributed by atoms with Crippen LogP contribution in [-0.4, -0.2) is 11.8 Å². The van der Waals surface area contributed by atoms with Crippen molar-refractivity contribution in [3.63, 3.8) is 0 Å². The molecule has 1 aromatic heterocycles. The molecule has 0 saturated heterocycles. The first-order valence-electron chi connectivity index (χ1n) is 7.02. The number of fused-ring (bicyclic) bond motifs is 1. The topological polar surface area (TPSA) is 29.1 Å². The Kier molecular flexibility index (Phi) is 4.13. The maximum Gasteiger partial charge on any atom is 0.256 e. The number of halogens is 1. The molecule has 1 amide bonds. The van der Waals surface area contributed by atoms with E-state index in [0.717, 1.165) is 40.1 Å². The molecule has 0 aliphatic carbocycles. The third-order valence-corrected chi connectivity index (χ3v) is 4.93. The lowest BCUT2D eigenvalue weighted by atomic mass is 10.0. The molecule has 108 valence electrons. The van der Waals surface area contributed by atoms with Gasteiger partial charge in [-0.3, -0.25) is 4.79 Å². The summed E-state index contributed by atoms with van der Waals surface area (Å²) in [5.74, 6) is 0.559. The lowest BCUT2D eigenvalue weighted by molar-refractivity contribution is -0.110. The average Bonchev–Trinajstić information content (AvgIpc) is 3.05. The Labute approximate surface area is 133 Å². The fourth-order valence-electron chi connectivity index (χ4n) is 2.45. The van der Waals surface area contributed by atoms with Crippen molar-refractivity contribution in [2.75, 3.05) is 11.2 Å². The maximum absolute atomic E-state index is 12.2. The normalized spacial score (nSPS) is 15.3. The lowest BCUT2D eigenvalue weighted by Crippen LogP contribution is -2.03. The number of hydrogen-bond donors (Lipinski definition) is 1. The van der Waals surface area contributed by atoms with Gasteiger partial charge in [0.15, 0.2) is 0 Å². The average molecular weight is 318 g/mol. The monoisotopic (exact) mass is 317 g/mol. The van der Waals surface area contributed by atoms with Crippen molar-refractivity contribution in [2.45, 2.75) is 19.8 Å². The van der Waals surface area contributed by atoms with Gasteiger partial charge >= 0.3 is 0 Å². The number of nitrogens with one attached hydrogen (secondary N) is 1. The van der Waals surface area contributed by atoms with Gasteiger partial charge in [0, 0.05) is 26.9 Å². The van der Waals surface area contributed by atoms with Crippen molar-refractivity contribution < 1.29 is 4.79 Å². The summed E-state index contributed by atoms with van der Waals surface area (Å²) in [5.41, 5.74) is 3.77. The number of alkyl halides is 1. The number of carbonyl (C=O) groups is 1. The summed E-state index contributed by atoms with van der Waals surface area (Å²) in [6, 6.07) is 10.2. The summed E-state index contributed by atoms with van der Waals surface area (Å²) >= 11 is 7.54. The summed E-state index contributed by atoms with van der Waals surface area (Å²) in [7, 11) is 0. The molecule has 0 atom stereocenters. The van der Waals surface area contributed by atoms with Crippen molar-refractivity contribution in [1.82, 2.24) is 0 Å². The minimum atomic E-state index is -0.0283. The number of anilines is 1. The number of aryl methyl sites for hydroxylation is 2. The largest absolute Gasteiger partial charge is 0.321 e. The Morgan fingerprint density at radius 3 is 2.86 bits per heavy atom. The number of rotatable bonds is 4. The number of thiophene rings is 1. The molecular weight excluding hydrogens is 302 g/mol. The summed E-state index contributed by atoms with van der Waals surface area (Å²) in [5, 5.41) is 2.92. The quantitative estimate of drug-likeness (QED) is 0.649. The maximum atomic E-state index is 12.2. The molecule has 4 heteroatoms. The van der Waals surface area contributed by atoms with Gasteiger partial charge in [-0.05, 0) is 48.7 Å². The van der Waals surface area contributed by atoms with Gasteiger partial charge < -0.3 is 5.32 Å². The summed E-state index contributed by atoms with van der Waals surface area (Å²) in [4.78, 5) is 14.6. The van der Waals surface area contributed by atoms with Gasteiger partial charge in [-0.15, -0.1) is 22.9 Å². The van der Waals surface area contributed by atoms with Crippen molar-refractivity contribution in [3.8, 4) is 0 Å². The summed E-state index contributed by atoms with van der Waals surface area (Å²) in [6.45, 7) is 2.14. The van der Waals surface area contributed by atoms with E-state index in [2.05, 4.69) is 30.4 Å². The van der Waals surface area contributed by atoms with Crippen LogP contribution in [-0.2, 0) is 17.6 Å². The molecule has 0 saturated carbocycles. The van der Waals surface area contributed by atoms with Crippen molar-refractivity contribution in [1.29, 1.82) is 0 Å². The summed E-state index contributed by atoms with van der Waals surface area (Å²) < 4.78 is 0. The molecule has 1 aromatic carbocycles. The van der Waals surface area contributed by atoms with Gasteiger partial charge in [0.25, 0.3) is 5.91 Å². The van der Waals surface area contributed by atoms with E-state index in [4.69, 9.17) is 11.6 Å². The number of hydrogen-bond acceptors (Lipinski definition) is 2. The predicted octanol–water partition coefficient (Wildman–Crippen LogP) is 4.58. The van der Waals surface area contributed by atoms with Gasteiger partial charge in [0.2, 0.25) is 0 Å². The SMILES string of the molecule is CCc1ccc(C=C2C(=O)Nc3ccc(CCCl)cc32)s1. The van der Waals surface area contributed by atoms with E-state index in [1.54, 1.807) is 11.3 Å². The Hall–Kier alpha value is -1.58. The second-order valence-electron chi connectivity index (χ2n) is 4.99. The zero-order valence-corrected chi connectivity index (χ0v) is 13.4. The van der Waals surface area contributed by atoms with Gasteiger partial charge in [0.05, 0.1) is 5.57 Å². The molecule has 0 radical (unpaired) electrons. The smallest absolute Gasteiger partial charge is 0.256 e. The van der Waals surface area contributed by atoms with Crippen LogP contribution >= 0.6 is 22.9 Å². The van der Waals surface area contributed by atoms with E-state index in [9.17, 15) is 4.79 Å². The second-order valence-corrected chi connectivity index (χ2v) is 6.57. The van der Waals surface area contributed by atoms with Crippen LogP contribution in [0.3, 0.4) is 0 Å². The number of carbonyl (C=O) groups excluding carboxylic acids is 1.